The minimum absolute atomic E-state index is 1.09. The van der Waals surface area contributed by atoms with Gasteiger partial charge in [0.2, 0.25) is 0 Å². The predicted molar refractivity (Wildman–Crippen MR) is 274 cm³/mol. The average molecular weight is 815 g/mol. The molecule has 0 saturated carbocycles. The van der Waals surface area contributed by atoms with Crippen molar-refractivity contribution in [1.82, 2.24) is 0 Å². The van der Waals surface area contributed by atoms with E-state index in [-0.39, 0.29) is 0 Å². The number of anilines is 6. The molecule has 0 atom stereocenters. The Hall–Kier alpha value is -8.46. The third-order valence-corrected chi connectivity index (χ3v) is 12.8. The summed E-state index contributed by atoms with van der Waals surface area (Å²) in [5.74, 6) is 0. The zero-order valence-corrected chi connectivity index (χ0v) is 35.1. The van der Waals surface area contributed by atoms with Crippen LogP contribution in [0.3, 0.4) is 0 Å². The van der Waals surface area contributed by atoms with Crippen molar-refractivity contribution in [2.24, 2.45) is 0 Å². The summed E-state index contributed by atoms with van der Waals surface area (Å²) in [6.07, 6.45) is 0. The summed E-state index contributed by atoms with van der Waals surface area (Å²) in [5, 5.41) is 12.2. The summed E-state index contributed by atoms with van der Waals surface area (Å²) in [5.41, 5.74) is 11.4. The molecular formula is C62H42N2. The second-order valence-corrected chi connectivity index (χ2v) is 16.5. The first-order valence-electron chi connectivity index (χ1n) is 22.0. The first-order valence-corrected chi connectivity index (χ1v) is 22.0. The second-order valence-electron chi connectivity index (χ2n) is 16.5. The Morgan fingerprint density at radius 3 is 1.17 bits per heavy atom. The van der Waals surface area contributed by atoms with Crippen LogP contribution in [0.25, 0.3) is 76.1 Å². The van der Waals surface area contributed by atoms with Crippen molar-refractivity contribution in [1.29, 1.82) is 0 Å². The minimum Gasteiger partial charge on any atom is -0.310 e. The van der Waals surface area contributed by atoms with E-state index in [1.807, 2.05) is 0 Å². The summed E-state index contributed by atoms with van der Waals surface area (Å²) in [6.45, 7) is 0. The lowest BCUT2D eigenvalue weighted by Gasteiger charge is -2.28. The number of benzene rings is 12. The molecule has 0 amide bonds. The highest BCUT2D eigenvalue weighted by molar-refractivity contribution is 6.25. The van der Waals surface area contributed by atoms with E-state index in [1.165, 1.54) is 76.1 Å². The maximum atomic E-state index is 2.43. The van der Waals surface area contributed by atoms with Gasteiger partial charge in [-0.05, 0) is 155 Å². The van der Waals surface area contributed by atoms with Gasteiger partial charge in [0, 0.05) is 34.1 Å². The van der Waals surface area contributed by atoms with Gasteiger partial charge in [-0.25, -0.2) is 0 Å². The molecule has 12 aromatic carbocycles. The van der Waals surface area contributed by atoms with Gasteiger partial charge in [0.15, 0.2) is 0 Å². The largest absolute Gasteiger partial charge is 0.310 e. The monoisotopic (exact) mass is 814 g/mol. The van der Waals surface area contributed by atoms with Crippen molar-refractivity contribution in [2.75, 3.05) is 9.80 Å². The van der Waals surface area contributed by atoms with Crippen molar-refractivity contribution < 1.29 is 0 Å². The van der Waals surface area contributed by atoms with Crippen LogP contribution in [0.5, 0.6) is 0 Å². The van der Waals surface area contributed by atoms with Gasteiger partial charge in [-0.3, -0.25) is 0 Å². The fourth-order valence-corrected chi connectivity index (χ4v) is 9.90. The van der Waals surface area contributed by atoms with E-state index in [0.29, 0.717) is 0 Å². The molecule has 0 heterocycles. The maximum Gasteiger partial charge on any atom is 0.0468 e. The highest BCUT2D eigenvalue weighted by atomic mass is 15.1. The molecule has 0 aromatic heterocycles. The number of rotatable bonds is 8. The number of nitrogens with zero attached hydrogens (tertiary/aromatic N) is 2. The van der Waals surface area contributed by atoms with Gasteiger partial charge in [0.1, 0.15) is 0 Å². The molecule has 300 valence electrons. The molecule has 0 radical (unpaired) electrons. The average Bonchev–Trinajstić information content (AvgIpc) is 3.37. The van der Waals surface area contributed by atoms with Crippen LogP contribution in [-0.2, 0) is 0 Å². The Bertz CT molecular complexity index is 3570. The van der Waals surface area contributed by atoms with Crippen molar-refractivity contribution in [3.8, 4) is 22.3 Å². The number of hydrogen-bond donors (Lipinski definition) is 0. The molecule has 0 N–H and O–H groups in total. The first-order chi connectivity index (χ1) is 31.8. The van der Waals surface area contributed by atoms with E-state index in [4.69, 9.17) is 0 Å². The number of fused-ring (bicyclic) bond motifs is 6. The van der Waals surface area contributed by atoms with E-state index < -0.39 is 0 Å². The van der Waals surface area contributed by atoms with Crippen molar-refractivity contribution in [3.63, 3.8) is 0 Å². The van der Waals surface area contributed by atoms with E-state index in [2.05, 4.69) is 265 Å². The third-order valence-electron chi connectivity index (χ3n) is 12.8. The predicted octanol–water partition coefficient (Wildman–Crippen LogP) is 17.7. The van der Waals surface area contributed by atoms with E-state index >= 15 is 0 Å². The van der Waals surface area contributed by atoms with Gasteiger partial charge in [0.25, 0.3) is 0 Å². The van der Waals surface area contributed by atoms with Gasteiger partial charge < -0.3 is 9.80 Å². The summed E-state index contributed by atoms with van der Waals surface area (Å²) < 4.78 is 0. The van der Waals surface area contributed by atoms with Crippen LogP contribution in [0.4, 0.5) is 34.1 Å². The molecule has 0 aliphatic heterocycles. The lowest BCUT2D eigenvalue weighted by molar-refractivity contribution is 1.29. The smallest absolute Gasteiger partial charge is 0.0468 e. The van der Waals surface area contributed by atoms with E-state index in [0.717, 1.165) is 34.1 Å². The van der Waals surface area contributed by atoms with Gasteiger partial charge in [-0.2, -0.15) is 0 Å². The first kappa shape index (κ1) is 37.3. The Morgan fingerprint density at radius 1 is 0.203 bits per heavy atom. The second kappa shape index (κ2) is 15.8. The topological polar surface area (TPSA) is 6.48 Å². The molecule has 12 aromatic rings. The molecule has 0 fully saturated rings. The van der Waals surface area contributed by atoms with Crippen molar-refractivity contribution >= 4 is 88.0 Å². The standard InChI is InChI=1S/C62H42N2/c1-5-21-47(22-6-1)63(48-23-7-2-8-24-48)51-36-39-58-59(41-51)61(46-34-37-55-45(40-46)33-32-44-19-14-15-29-53(44)55)57-38-35-52(64(49-25-9-3-10-26-49)50-27-11-4-12-28-50)42-60(57)62(58)56-31-17-20-43-18-13-16-30-54(43)56/h1-42H. The molecule has 0 bridgehead atoms. The summed E-state index contributed by atoms with van der Waals surface area (Å²) in [7, 11) is 0. The molecule has 0 unspecified atom stereocenters. The van der Waals surface area contributed by atoms with Crippen LogP contribution in [0, 0.1) is 0 Å². The Morgan fingerprint density at radius 2 is 0.609 bits per heavy atom. The fraction of sp³-hybridized carbons (Fsp3) is 0. The van der Waals surface area contributed by atoms with E-state index in [9.17, 15) is 0 Å². The van der Waals surface area contributed by atoms with E-state index in [1.54, 1.807) is 0 Å². The van der Waals surface area contributed by atoms with Gasteiger partial charge in [0.05, 0.1) is 0 Å². The highest BCUT2D eigenvalue weighted by Gasteiger charge is 2.23. The molecular weight excluding hydrogens is 773 g/mol. The fourth-order valence-electron chi connectivity index (χ4n) is 9.90. The van der Waals surface area contributed by atoms with Crippen LogP contribution < -0.4 is 9.80 Å². The molecule has 0 aliphatic rings. The number of para-hydroxylation sites is 4. The molecule has 2 heteroatoms. The number of hydrogen-bond acceptors (Lipinski definition) is 2. The quantitative estimate of drug-likeness (QED) is 0.111. The summed E-state index contributed by atoms with van der Waals surface area (Å²) >= 11 is 0. The Labute approximate surface area is 373 Å². The normalized spacial score (nSPS) is 11.4. The van der Waals surface area contributed by atoms with Crippen LogP contribution in [0.1, 0.15) is 0 Å². The zero-order valence-electron chi connectivity index (χ0n) is 35.1. The SMILES string of the molecule is c1ccc(N(c2ccccc2)c2ccc3c(-c4cccc5ccccc45)c4cc(N(c5ccccc5)c5ccccc5)ccc4c(-c4ccc5c(ccc6ccccc65)c4)c3c2)cc1. The summed E-state index contributed by atoms with van der Waals surface area (Å²) in [4.78, 5) is 4.75. The summed E-state index contributed by atoms with van der Waals surface area (Å²) in [6, 6.07) is 92.9. The van der Waals surface area contributed by atoms with Crippen LogP contribution >= 0.6 is 0 Å². The van der Waals surface area contributed by atoms with Gasteiger partial charge in [-0.1, -0.05) is 176 Å². The molecule has 2 nitrogen and oxygen atoms in total. The minimum atomic E-state index is 1.09. The van der Waals surface area contributed by atoms with Crippen LogP contribution in [-0.4, -0.2) is 0 Å². The lowest BCUT2D eigenvalue weighted by Crippen LogP contribution is -2.10. The molecule has 12 rings (SSSR count). The van der Waals surface area contributed by atoms with Crippen LogP contribution in [0.15, 0.2) is 255 Å². The van der Waals surface area contributed by atoms with Crippen molar-refractivity contribution in [3.05, 3.63) is 255 Å². The molecule has 0 spiro atoms. The Balaban J connectivity index is 1.22. The lowest BCUT2D eigenvalue weighted by atomic mass is 9.83. The Kier molecular flexibility index (Phi) is 9.20. The molecule has 0 aliphatic carbocycles. The molecule has 0 saturated heterocycles. The maximum absolute atomic E-state index is 2.43. The van der Waals surface area contributed by atoms with Gasteiger partial charge in [-0.15, -0.1) is 0 Å². The third kappa shape index (κ3) is 6.44. The molecule has 64 heavy (non-hydrogen) atoms. The van der Waals surface area contributed by atoms with Gasteiger partial charge >= 0.3 is 0 Å². The van der Waals surface area contributed by atoms with Crippen LogP contribution in [0.2, 0.25) is 0 Å². The highest BCUT2D eigenvalue weighted by Crippen LogP contribution is 2.49. The zero-order chi connectivity index (χ0) is 42.4. The van der Waals surface area contributed by atoms with Crippen molar-refractivity contribution in [2.45, 2.75) is 0 Å².